The van der Waals surface area contributed by atoms with Gasteiger partial charge in [-0.2, -0.15) is 0 Å². The number of thiazole rings is 2. The average molecular weight is 1590 g/mol. The Balaban J connectivity index is 0.000000195. The van der Waals surface area contributed by atoms with Crippen LogP contribution in [0.4, 0.5) is 19.9 Å². The Morgan fingerprint density at radius 3 is 1.38 bits per heavy atom. The highest BCUT2D eigenvalue weighted by atomic mass is 35.5. The summed E-state index contributed by atoms with van der Waals surface area (Å²) in [6.45, 7) is 22.9. The second kappa shape index (κ2) is 31.5. The molecule has 6 saturated carbocycles. The zero-order valence-electron chi connectivity index (χ0n) is 65.3. The van der Waals surface area contributed by atoms with Crippen LogP contribution < -0.4 is 50.8 Å². The first-order chi connectivity index (χ1) is 52.6. The van der Waals surface area contributed by atoms with Crippen LogP contribution in [0.15, 0.2) is 53.9 Å². The molecule has 2 aromatic carbocycles. The number of carbonyl (C=O) groups excluding carboxylic acids is 6. The molecule has 16 atom stereocenters. The number of pyridine rings is 2. The van der Waals surface area contributed by atoms with E-state index in [2.05, 4.69) is 31.9 Å². The van der Waals surface area contributed by atoms with Gasteiger partial charge in [-0.15, -0.1) is 11.3 Å². The van der Waals surface area contributed by atoms with Gasteiger partial charge in [0.05, 0.1) is 49.7 Å². The van der Waals surface area contributed by atoms with Gasteiger partial charge in [0.2, 0.25) is 23.6 Å². The minimum absolute atomic E-state index is 0.0119. The lowest BCUT2D eigenvalue weighted by atomic mass is 9.85. The molecule has 28 nitrogen and oxygen atoms in total. The number of nitrogens with zero attached hydrogens (tertiary/aromatic N) is 6. The van der Waals surface area contributed by atoms with Gasteiger partial charge in [0.25, 0.3) is 0 Å². The molecule has 8 N–H and O–H groups in total. The number of fused-ring (bicyclic) bond motifs is 4. The molecule has 0 spiro atoms. The fourth-order valence-corrected chi connectivity index (χ4v) is 18.6. The van der Waals surface area contributed by atoms with Crippen LogP contribution in [0.3, 0.4) is 0 Å². The van der Waals surface area contributed by atoms with Crippen LogP contribution in [0.5, 0.6) is 23.0 Å². The van der Waals surface area contributed by atoms with Crippen LogP contribution in [-0.4, -0.2) is 187 Å². The number of rotatable bonds is 26. The number of hydrogen-bond acceptors (Lipinski definition) is 22. The van der Waals surface area contributed by atoms with Gasteiger partial charge in [-0.3, -0.25) is 19.2 Å². The highest BCUT2D eigenvalue weighted by Gasteiger charge is 2.63. The second-order valence-corrected chi connectivity index (χ2v) is 36.5. The smallest absolute Gasteiger partial charge is 0.408 e. The molecule has 598 valence electrons. The molecule has 2 unspecified atom stereocenters. The number of halogens is 1. The largest absolute Gasteiger partial charge is 0.497 e. The highest BCUT2D eigenvalue weighted by molar-refractivity contribution is 7.20. The molecule has 6 amide bonds. The van der Waals surface area contributed by atoms with Crippen LogP contribution >= 0.6 is 34.3 Å². The van der Waals surface area contributed by atoms with E-state index in [0.717, 1.165) is 30.8 Å². The van der Waals surface area contributed by atoms with Crippen molar-refractivity contribution in [3.05, 3.63) is 58.2 Å². The van der Waals surface area contributed by atoms with Crippen LogP contribution in [0, 0.1) is 46.3 Å². The predicted octanol–water partition coefficient (Wildman–Crippen LogP) is 12.3. The van der Waals surface area contributed by atoms with Crippen molar-refractivity contribution in [2.45, 2.75) is 232 Å². The maximum atomic E-state index is 14.7. The number of anilines is 2. The molecule has 14 rings (SSSR count). The molecular weight excluding hydrogens is 1480 g/mol. The first kappa shape index (κ1) is 80.0. The van der Waals surface area contributed by atoms with Crippen molar-refractivity contribution >= 4 is 114 Å². The molecule has 8 aliphatic rings. The summed E-state index contributed by atoms with van der Waals surface area (Å²) in [5.74, 6) is -0.253. The summed E-state index contributed by atoms with van der Waals surface area (Å²) in [5.41, 5.74) is -1.02. The van der Waals surface area contributed by atoms with E-state index in [1.54, 1.807) is 38.5 Å². The number of alkyl carbamates (subject to hydrolysis) is 2. The Bertz CT molecular complexity index is 4560. The van der Waals surface area contributed by atoms with Crippen molar-refractivity contribution in [1.82, 2.24) is 51.0 Å². The summed E-state index contributed by atoms with van der Waals surface area (Å²) in [6, 6.07) is 10.5. The molecular formula is C80H103ClN12O16S2. The van der Waals surface area contributed by atoms with Crippen molar-refractivity contribution in [3.8, 4) is 45.8 Å². The number of aromatic nitrogens is 4. The van der Waals surface area contributed by atoms with Gasteiger partial charge in [0.1, 0.15) is 98.4 Å². The molecule has 4 aromatic heterocycles. The summed E-state index contributed by atoms with van der Waals surface area (Å²) in [7, 11) is 3.14. The first-order valence-corrected chi connectivity index (χ1v) is 40.8. The molecule has 31 heteroatoms. The van der Waals surface area contributed by atoms with E-state index >= 15 is 0 Å². The minimum atomic E-state index is -1.40. The molecule has 2 aliphatic heterocycles. The number of carboxylic acids is 2. The molecule has 2 saturated heterocycles. The SMILES string of the molecule is CC[C@@H]1C[C@]1(NC(=O)[C@@H]1C[C@@H](Oc2cc(-c3csc(NC(C)C)n3)nc3cc(OC)ccc23)CN1C(=O)[C@@H](NC(=O)OC1C[C@@H]2C[C@@H]2C1)C(C)(C)C)C(=O)O.CC[C@@H]1C[C@]1(NC(=O)[C@@H]1C[C@@H](Oc2cc(-c3nc(NC(C)C)sc3Cl)nc3cc(OC)ccc23)CN1C(=O)[C@@H](NC(=O)OC1C[C@@H]2C[C@@H]2C1)C(C)(C)C)C(=O)O. The van der Waals surface area contributed by atoms with Gasteiger partial charge in [-0.05, 0) is 150 Å². The van der Waals surface area contributed by atoms with Gasteiger partial charge >= 0.3 is 24.1 Å². The van der Waals surface area contributed by atoms with Gasteiger partial charge in [0.15, 0.2) is 10.3 Å². The average Bonchev–Trinajstić information content (AvgIpc) is 1.58. The van der Waals surface area contributed by atoms with E-state index in [-0.39, 0.29) is 62.1 Å². The molecule has 6 aliphatic carbocycles. The maximum Gasteiger partial charge on any atom is 0.408 e. The van der Waals surface area contributed by atoms with Crippen LogP contribution in [0.2, 0.25) is 4.34 Å². The van der Waals surface area contributed by atoms with Gasteiger partial charge in [-0.1, -0.05) is 91.2 Å². The van der Waals surface area contributed by atoms with E-state index in [1.807, 2.05) is 113 Å². The fraction of sp³-hybridized carbons (Fsp3) is 0.600. The summed E-state index contributed by atoms with van der Waals surface area (Å²) >= 11 is 9.47. The maximum absolute atomic E-state index is 14.7. The normalized spacial score (nSPS) is 27.2. The number of hydrogen-bond donors (Lipinski definition) is 8. The van der Waals surface area contributed by atoms with Crippen LogP contribution in [-0.2, 0) is 38.2 Å². The molecule has 8 fully saturated rings. The number of aliphatic carboxylic acids is 2. The van der Waals surface area contributed by atoms with E-state index < -0.39 is 106 Å². The van der Waals surface area contributed by atoms with Gasteiger partial charge in [-0.25, -0.2) is 39.1 Å². The van der Waals surface area contributed by atoms with E-state index in [0.29, 0.717) is 126 Å². The Morgan fingerprint density at radius 1 is 0.559 bits per heavy atom. The van der Waals surface area contributed by atoms with E-state index in [1.165, 1.54) is 45.3 Å². The zero-order valence-corrected chi connectivity index (χ0v) is 67.7. The van der Waals surface area contributed by atoms with E-state index in [9.17, 15) is 48.6 Å². The second-order valence-electron chi connectivity index (χ2n) is 34.1. The predicted molar refractivity (Wildman–Crippen MR) is 419 cm³/mol. The minimum Gasteiger partial charge on any atom is -0.497 e. The number of likely N-dealkylation sites (tertiary alicyclic amines) is 2. The third-order valence-electron chi connectivity index (χ3n) is 23.0. The Morgan fingerprint density at radius 2 is 0.982 bits per heavy atom. The lowest BCUT2D eigenvalue weighted by molar-refractivity contribution is -0.146. The standard InChI is InChI=1S/C40H51ClN6O8S.C40H52N6O8S/c1-8-22-17-40(22,36(50)51)46-34(48)29-15-25(18-47(29)35(49)32(39(4,5)6)45-38(52)55-24-12-20-11-21(20)13-24)54-30-16-28(31-33(41)56-37(44-31)42-19(2)3)43-27-14-23(53-7)9-10-26(27)30;1-8-23-17-40(23,36(49)50)45-34(47)31-15-26(18-46(31)35(48)33(39(4,5)6)44-38(51)54-25-12-21-11-22(21)13-25)53-32-16-29(30-19-55-37(43-30)41-20(2)3)42-28-14-24(52-7)9-10-27(28)32/h9-10,14,16,19-22,24-25,29,32H,8,11-13,15,17-18H2,1-7H3,(H,42,44)(H,45,52)(H,46,48)(H,50,51);9-10,14,16,19-23,25-26,31,33H,8,11-13,15,17-18H2,1-7H3,(H,41,43)(H,44,51)(H,45,47)(H,49,50)/t20-,21+,22-,24?,25-,29+,32-,40-;21-,22+,23-,25?,26-,31+,33-,40-/m11/s1. The van der Waals surface area contributed by atoms with Crippen molar-refractivity contribution in [2.75, 3.05) is 37.9 Å². The van der Waals surface area contributed by atoms with Gasteiger partial charge in [0, 0.05) is 65.3 Å². The van der Waals surface area contributed by atoms with Crippen LogP contribution in [0.1, 0.15) is 160 Å². The van der Waals surface area contributed by atoms with Crippen LogP contribution in [0.25, 0.3) is 44.6 Å². The molecule has 6 heterocycles. The number of methoxy groups -OCH3 is 2. The first-order valence-electron chi connectivity index (χ1n) is 38.7. The number of ether oxygens (including phenoxy) is 6. The van der Waals surface area contributed by atoms with Crippen molar-refractivity contribution in [1.29, 1.82) is 0 Å². The van der Waals surface area contributed by atoms with E-state index in [4.69, 9.17) is 60.0 Å². The lowest BCUT2D eigenvalue weighted by Crippen LogP contribution is -2.59. The number of carboxylic acid groups (broad SMARTS) is 2. The third kappa shape index (κ3) is 17.5. The quantitative estimate of drug-likeness (QED) is 0.0250. The summed E-state index contributed by atoms with van der Waals surface area (Å²) < 4.78 is 36.4. The topological polar surface area (TPSA) is 363 Å². The lowest BCUT2D eigenvalue weighted by Gasteiger charge is -2.35. The molecule has 6 aromatic rings. The monoisotopic (exact) mass is 1590 g/mol. The zero-order chi connectivity index (χ0) is 79.7. The van der Waals surface area contributed by atoms with Crippen molar-refractivity contribution in [2.24, 2.45) is 46.3 Å². The van der Waals surface area contributed by atoms with Crippen molar-refractivity contribution in [3.63, 3.8) is 0 Å². The Labute approximate surface area is 658 Å². The summed E-state index contributed by atoms with van der Waals surface area (Å²) in [6.07, 6.45) is 4.51. The molecule has 0 bridgehead atoms. The Hall–Kier alpha value is -9.03. The highest BCUT2D eigenvalue weighted by Crippen LogP contribution is 2.54. The number of carbonyl (C=O) groups is 8. The number of nitrogens with one attached hydrogen (secondary N) is 6. The summed E-state index contributed by atoms with van der Waals surface area (Å²) in [5, 5.41) is 42.8. The third-order valence-corrected chi connectivity index (χ3v) is 25.0. The Kier molecular flexibility index (Phi) is 22.7. The van der Waals surface area contributed by atoms with Gasteiger partial charge < -0.3 is 80.3 Å². The molecule has 0 radical (unpaired) electrons. The number of benzene rings is 2. The molecule has 111 heavy (non-hydrogen) atoms. The fourth-order valence-electron chi connectivity index (χ4n) is 16.6. The summed E-state index contributed by atoms with van der Waals surface area (Å²) in [4.78, 5) is 131. The number of amides is 6. The van der Waals surface area contributed by atoms with Crippen molar-refractivity contribution < 1.29 is 77.0 Å².